The van der Waals surface area contributed by atoms with Crippen LogP contribution in [0.15, 0.2) is 0 Å². The third-order valence-corrected chi connectivity index (χ3v) is 6.52. The lowest BCUT2D eigenvalue weighted by Crippen LogP contribution is -2.42. The van der Waals surface area contributed by atoms with Crippen molar-refractivity contribution < 1.29 is 18.0 Å². The average Bonchev–Trinajstić information content (AvgIpc) is 3.20. The molecule has 0 aromatic carbocycles. The summed E-state index contributed by atoms with van der Waals surface area (Å²) in [5, 5.41) is 18.1. The Hall–Kier alpha value is -2.08. The zero-order valence-electron chi connectivity index (χ0n) is 13.6. The highest BCUT2D eigenvalue weighted by Crippen LogP contribution is 2.15. The third kappa shape index (κ3) is 4.51. The molecule has 0 aliphatic carbocycles. The van der Waals surface area contributed by atoms with Gasteiger partial charge in [-0.15, -0.1) is 10.2 Å². The average molecular weight is 386 g/mol. The zero-order chi connectivity index (χ0) is 18.0. The molecule has 1 unspecified atom stereocenters. The first-order chi connectivity index (χ1) is 11.8. The van der Waals surface area contributed by atoms with Crippen molar-refractivity contribution in [3.63, 3.8) is 0 Å². The minimum atomic E-state index is -3.04. The molecular weight excluding hydrogens is 368 g/mol. The normalized spacial score (nSPS) is 19.2. The molecule has 2 aromatic heterocycles. The summed E-state index contributed by atoms with van der Waals surface area (Å²) in [6.07, 6.45) is 1.07. The molecule has 2 aromatic rings. The van der Waals surface area contributed by atoms with Gasteiger partial charge >= 0.3 is 0 Å². The Balaban J connectivity index is 1.39. The van der Waals surface area contributed by atoms with E-state index in [-0.39, 0.29) is 42.3 Å². The number of aryl methyl sites for hydroxylation is 2. The highest BCUT2D eigenvalue weighted by Gasteiger charge is 2.28. The van der Waals surface area contributed by atoms with Crippen LogP contribution in [0.5, 0.6) is 0 Å². The maximum Gasteiger partial charge on any atom is 0.239 e. The molecule has 0 spiro atoms. The molecule has 3 rings (SSSR count). The van der Waals surface area contributed by atoms with Crippen LogP contribution in [0.4, 0.5) is 0 Å². The molecule has 136 valence electrons. The fourth-order valence-corrected chi connectivity index (χ4v) is 5.08. The van der Waals surface area contributed by atoms with Crippen LogP contribution in [0.3, 0.4) is 0 Å². The van der Waals surface area contributed by atoms with Crippen LogP contribution in [0.2, 0.25) is 0 Å². The van der Waals surface area contributed by atoms with E-state index in [4.69, 9.17) is 0 Å². The summed E-state index contributed by atoms with van der Waals surface area (Å²) in [6.45, 7) is 1.63. The van der Waals surface area contributed by atoms with E-state index in [1.54, 1.807) is 11.4 Å². The van der Waals surface area contributed by atoms with E-state index in [0.717, 1.165) is 5.01 Å². The molecule has 0 radical (unpaired) electrons. The highest BCUT2D eigenvalue weighted by atomic mass is 32.2. The van der Waals surface area contributed by atoms with E-state index in [9.17, 15) is 18.0 Å². The van der Waals surface area contributed by atoms with Gasteiger partial charge in [-0.3, -0.25) is 9.59 Å². The minimum absolute atomic E-state index is 0.0349. The lowest BCUT2D eigenvalue weighted by Gasteiger charge is -2.11. The number of hydrogen-bond acceptors (Lipinski definition) is 8. The van der Waals surface area contributed by atoms with Gasteiger partial charge in [0.25, 0.3) is 0 Å². The molecule has 10 nitrogen and oxygen atoms in total. The Morgan fingerprint density at radius 2 is 2.12 bits per heavy atom. The molecule has 3 heterocycles. The number of aromatic nitrogens is 4. The summed E-state index contributed by atoms with van der Waals surface area (Å²) in [5.74, 6) is 0.0953. The van der Waals surface area contributed by atoms with Crippen LogP contribution >= 0.6 is 11.3 Å². The molecule has 12 heteroatoms. The van der Waals surface area contributed by atoms with Gasteiger partial charge in [-0.2, -0.15) is 9.61 Å². The van der Waals surface area contributed by atoms with Gasteiger partial charge in [-0.05, 0) is 13.3 Å². The second kappa shape index (κ2) is 7.04. The van der Waals surface area contributed by atoms with Gasteiger partial charge in [0.1, 0.15) is 5.01 Å². The van der Waals surface area contributed by atoms with Crippen molar-refractivity contribution in [1.29, 1.82) is 0 Å². The van der Waals surface area contributed by atoms with Crippen molar-refractivity contribution in [2.45, 2.75) is 32.2 Å². The fraction of sp³-hybridized carbons (Fsp3) is 0.615. The number of sulfone groups is 1. The fourth-order valence-electron chi connectivity index (χ4n) is 2.53. The summed E-state index contributed by atoms with van der Waals surface area (Å²) in [7, 11) is -3.04. The number of carbonyl (C=O) groups is 2. The maximum absolute atomic E-state index is 11.8. The number of amides is 2. The Bertz CT molecular complexity index is 903. The molecular formula is C13H18N6O4S2. The molecule has 1 aliphatic heterocycles. The third-order valence-electron chi connectivity index (χ3n) is 3.80. The molecule has 0 bridgehead atoms. The Labute approximate surface area is 147 Å². The highest BCUT2D eigenvalue weighted by molar-refractivity contribution is 7.91. The van der Waals surface area contributed by atoms with Gasteiger partial charge in [-0.1, -0.05) is 11.3 Å². The quantitative estimate of drug-likeness (QED) is 0.639. The molecule has 25 heavy (non-hydrogen) atoms. The van der Waals surface area contributed by atoms with E-state index in [1.165, 1.54) is 11.3 Å². The topological polar surface area (TPSA) is 135 Å². The second-order valence-corrected chi connectivity index (χ2v) is 9.15. The van der Waals surface area contributed by atoms with Gasteiger partial charge in [0, 0.05) is 18.9 Å². The van der Waals surface area contributed by atoms with Crippen LogP contribution in [0, 0.1) is 6.92 Å². The molecule has 0 saturated carbocycles. The van der Waals surface area contributed by atoms with Crippen LogP contribution in [0.1, 0.15) is 23.7 Å². The number of carbonyl (C=O) groups excluding carboxylic acids is 2. The lowest BCUT2D eigenvalue weighted by atomic mass is 10.2. The predicted molar refractivity (Wildman–Crippen MR) is 89.9 cm³/mol. The van der Waals surface area contributed by atoms with Crippen molar-refractivity contribution in [3.05, 3.63) is 10.8 Å². The van der Waals surface area contributed by atoms with Crippen LogP contribution < -0.4 is 10.6 Å². The SMILES string of the molecule is Cc1nnc2sc(CCC(=O)NCC(=O)NC3CCS(=O)(=O)C3)nn12. The largest absolute Gasteiger partial charge is 0.351 e. The minimum Gasteiger partial charge on any atom is -0.351 e. The van der Waals surface area contributed by atoms with Crippen molar-refractivity contribution in [2.75, 3.05) is 18.1 Å². The summed E-state index contributed by atoms with van der Waals surface area (Å²) in [4.78, 5) is 24.3. The van der Waals surface area contributed by atoms with Crippen LogP contribution in [-0.2, 0) is 25.8 Å². The summed E-state index contributed by atoms with van der Waals surface area (Å²) < 4.78 is 24.3. The van der Waals surface area contributed by atoms with E-state index in [1.807, 2.05) is 0 Å². The van der Waals surface area contributed by atoms with Crippen molar-refractivity contribution in [3.8, 4) is 0 Å². The van der Waals surface area contributed by atoms with Crippen molar-refractivity contribution in [1.82, 2.24) is 30.4 Å². The molecule has 1 atom stereocenters. The second-order valence-electron chi connectivity index (χ2n) is 5.88. The number of rotatable bonds is 6. The van der Waals surface area contributed by atoms with Gasteiger partial charge in [0.2, 0.25) is 16.8 Å². The molecule has 1 aliphatic rings. The standard InChI is InChI=1S/C13H18N6O4S2/c1-8-16-17-13-19(8)18-12(24-13)3-2-10(20)14-6-11(21)15-9-4-5-25(22,23)7-9/h9H,2-7H2,1H3,(H,14,20)(H,15,21). The van der Waals surface area contributed by atoms with Gasteiger partial charge in [0.15, 0.2) is 15.7 Å². The van der Waals surface area contributed by atoms with Crippen molar-refractivity contribution >= 4 is 37.9 Å². The van der Waals surface area contributed by atoms with Crippen molar-refractivity contribution in [2.24, 2.45) is 0 Å². The molecule has 1 saturated heterocycles. The predicted octanol–water partition coefficient (Wildman–Crippen LogP) is -1.15. The smallest absolute Gasteiger partial charge is 0.239 e. The van der Waals surface area contributed by atoms with Gasteiger partial charge < -0.3 is 10.6 Å². The van der Waals surface area contributed by atoms with E-state index in [0.29, 0.717) is 23.6 Å². The van der Waals surface area contributed by atoms with Crippen LogP contribution in [0.25, 0.3) is 4.96 Å². The first-order valence-corrected chi connectivity index (χ1v) is 10.4. The van der Waals surface area contributed by atoms with E-state index >= 15 is 0 Å². The van der Waals surface area contributed by atoms with E-state index in [2.05, 4.69) is 25.9 Å². The Kier molecular flexibility index (Phi) is 4.99. The summed E-state index contributed by atoms with van der Waals surface area (Å²) >= 11 is 1.37. The summed E-state index contributed by atoms with van der Waals surface area (Å²) in [6, 6.07) is -0.363. The van der Waals surface area contributed by atoms with Crippen LogP contribution in [-0.4, -0.2) is 64.1 Å². The first kappa shape index (κ1) is 17.7. The number of fused-ring (bicyclic) bond motifs is 1. The maximum atomic E-state index is 11.8. The van der Waals surface area contributed by atoms with Gasteiger partial charge in [-0.25, -0.2) is 8.42 Å². The monoisotopic (exact) mass is 386 g/mol. The number of hydrogen-bond donors (Lipinski definition) is 2. The molecule has 2 amide bonds. The first-order valence-electron chi connectivity index (χ1n) is 7.76. The Morgan fingerprint density at radius 1 is 1.32 bits per heavy atom. The lowest BCUT2D eigenvalue weighted by molar-refractivity contribution is -0.126. The Morgan fingerprint density at radius 3 is 2.80 bits per heavy atom. The zero-order valence-corrected chi connectivity index (χ0v) is 15.2. The molecule has 2 N–H and O–H groups in total. The number of nitrogens with zero attached hydrogens (tertiary/aromatic N) is 4. The molecule has 1 fully saturated rings. The van der Waals surface area contributed by atoms with Gasteiger partial charge in [0.05, 0.1) is 18.1 Å². The summed E-state index contributed by atoms with van der Waals surface area (Å²) in [5.41, 5.74) is 0. The number of nitrogens with one attached hydrogen (secondary N) is 2. The van der Waals surface area contributed by atoms with E-state index < -0.39 is 9.84 Å².